The lowest BCUT2D eigenvalue weighted by Gasteiger charge is -2.19. The maximum atomic E-state index is 6.02. The van der Waals surface area contributed by atoms with Crippen LogP contribution >= 0.6 is 15.9 Å². The second-order valence-corrected chi connectivity index (χ2v) is 9.29. The number of aromatic nitrogens is 3. The van der Waals surface area contributed by atoms with Crippen LogP contribution in [-0.4, -0.2) is 21.4 Å². The summed E-state index contributed by atoms with van der Waals surface area (Å²) >= 11 is 3.59. The highest BCUT2D eigenvalue weighted by molar-refractivity contribution is 9.10. The van der Waals surface area contributed by atoms with Crippen LogP contribution in [0.5, 0.6) is 0 Å². The molecule has 7 heteroatoms. The van der Waals surface area contributed by atoms with Gasteiger partial charge in [0.1, 0.15) is 5.82 Å². The summed E-state index contributed by atoms with van der Waals surface area (Å²) in [5.41, 5.74) is 4.62. The van der Waals surface area contributed by atoms with E-state index in [0.717, 1.165) is 40.5 Å². The molecule has 0 radical (unpaired) electrons. The number of pyridine rings is 1. The summed E-state index contributed by atoms with van der Waals surface area (Å²) in [6, 6.07) is 25.3. The van der Waals surface area contributed by atoms with E-state index in [2.05, 4.69) is 97.3 Å². The van der Waals surface area contributed by atoms with Gasteiger partial charge >= 0.3 is 0 Å². The largest absolute Gasteiger partial charge is 0.370 e. The van der Waals surface area contributed by atoms with Gasteiger partial charge in [0, 0.05) is 36.7 Å². The minimum atomic E-state index is 0.322. The predicted octanol–water partition coefficient (Wildman–Crippen LogP) is 6.01. The first-order valence-corrected chi connectivity index (χ1v) is 12.1. The van der Waals surface area contributed by atoms with Crippen LogP contribution in [0.4, 0.5) is 17.3 Å². The SMILES string of the molecule is Nn1nc(Nc2cc(NCCC(c3ccccc3)c3ccccc3)ncc2Br)cc1C1CC1. The van der Waals surface area contributed by atoms with Crippen LogP contribution in [0.25, 0.3) is 0 Å². The zero-order valence-corrected chi connectivity index (χ0v) is 19.9. The molecule has 0 saturated heterocycles. The Labute approximate surface area is 202 Å². The van der Waals surface area contributed by atoms with Gasteiger partial charge in [0.05, 0.1) is 15.9 Å². The second-order valence-electron chi connectivity index (χ2n) is 8.44. The molecule has 1 saturated carbocycles. The molecule has 2 heterocycles. The summed E-state index contributed by atoms with van der Waals surface area (Å²) in [5, 5.41) is 11.3. The smallest absolute Gasteiger partial charge is 0.154 e. The monoisotopic (exact) mass is 502 g/mol. The number of nitrogens with two attached hydrogens (primary N) is 1. The molecule has 0 spiro atoms. The van der Waals surface area contributed by atoms with Gasteiger partial charge in [-0.3, -0.25) is 0 Å². The average molecular weight is 503 g/mol. The Morgan fingerprint density at radius 3 is 2.27 bits per heavy atom. The number of rotatable bonds is 9. The van der Waals surface area contributed by atoms with Crippen LogP contribution in [0.1, 0.15) is 47.9 Å². The first-order chi connectivity index (χ1) is 16.2. The Morgan fingerprint density at radius 2 is 1.64 bits per heavy atom. The lowest BCUT2D eigenvalue weighted by molar-refractivity contribution is 0.743. The van der Waals surface area contributed by atoms with Gasteiger partial charge in [-0.25, -0.2) is 4.98 Å². The molecule has 6 nitrogen and oxygen atoms in total. The molecule has 33 heavy (non-hydrogen) atoms. The van der Waals surface area contributed by atoms with E-state index in [4.69, 9.17) is 5.84 Å². The first kappa shape index (κ1) is 21.5. The fourth-order valence-electron chi connectivity index (χ4n) is 4.16. The molecule has 2 aromatic carbocycles. The van der Waals surface area contributed by atoms with Gasteiger partial charge in [0.25, 0.3) is 0 Å². The lowest BCUT2D eigenvalue weighted by Crippen LogP contribution is -2.13. The summed E-state index contributed by atoms with van der Waals surface area (Å²) in [4.78, 5) is 6.02. The van der Waals surface area contributed by atoms with Crippen molar-refractivity contribution in [2.24, 2.45) is 0 Å². The molecule has 1 aliphatic carbocycles. The van der Waals surface area contributed by atoms with Gasteiger partial charge < -0.3 is 16.5 Å². The molecular formula is C26H27BrN6. The summed E-state index contributed by atoms with van der Waals surface area (Å²) in [6.45, 7) is 0.797. The normalized spacial score (nSPS) is 13.3. The molecule has 0 unspecified atom stereocenters. The number of hydrogen-bond acceptors (Lipinski definition) is 5. The van der Waals surface area contributed by atoms with Crippen molar-refractivity contribution in [1.29, 1.82) is 0 Å². The molecule has 4 N–H and O–H groups in total. The molecule has 1 fully saturated rings. The number of benzene rings is 2. The van der Waals surface area contributed by atoms with Crippen LogP contribution < -0.4 is 16.5 Å². The Balaban J connectivity index is 1.27. The van der Waals surface area contributed by atoms with E-state index in [0.29, 0.717) is 11.8 Å². The maximum Gasteiger partial charge on any atom is 0.154 e. The topological polar surface area (TPSA) is 80.8 Å². The molecule has 0 atom stereocenters. The highest BCUT2D eigenvalue weighted by Crippen LogP contribution is 2.40. The predicted molar refractivity (Wildman–Crippen MR) is 137 cm³/mol. The van der Waals surface area contributed by atoms with E-state index < -0.39 is 0 Å². The Morgan fingerprint density at radius 1 is 0.970 bits per heavy atom. The van der Waals surface area contributed by atoms with Crippen LogP contribution in [0, 0.1) is 0 Å². The van der Waals surface area contributed by atoms with Crippen molar-refractivity contribution in [2.45, 2.75) is 31.1 Å². The van der Waals surface area contributed by atoms with E-state index in [-0.39, 0.29) is 0 Å². The molecule has 0 bridgehead atoms. The summed E-state index contributed by atoms with van der Waals surface area (Å²) in [5.74, 6) is 8.44. The van der Waals surface area contributed by atoms with E-state index in [1.165, 1.54) is 28.8 Å². The number of nitrogens with zero attached hydrogens (tertiary/aromatic N) is 3. The molecule has 2 aromatic heterocycles. The van der Waals surface area contributed by atoms with E-state index >= 15 is 0 Å². The highest BCUT2D eigenvalue weighted by Gasteiger charge is 2.28. The van der Waals surface area contributed by atoms with Crippen LogP contribution in [0.15, 0.2) is 83.5 Å². The molecule has 0 amide bonds. The first-order valence-electron chi connectivity index (χ1n) is 11.3. The van der Waals surface area contributed by atoms with Gasteiger partial charge in [0.2, 0.25) is 0 Å². The summed E-state index contributed by atoms with van der Waals surface area (Å²) in [6.07, 6.45) is 5.12. The van der Waals surface area contributed by atoms with Crippen LogP contribution in [-0.2, 0) is 0 Å². The van der Waals surface area contributed by atoms with Crippen molar-refractivity contribution in [1.82, 2.24) is 14.9 Å². The third kappa shape index (κ3) is 5.20. The zero-order valence-electron chi connectivity index (χ0n) is 18.3. The highest BCUT2D eigenvalue weighted by atomic mass is 79.9. The van der Waals surface area contributed by atoms with Crippen molar-refractivity contribution in [3.05, 3.63) is 100 Å². The second kappa shape index (κ2) is 9.67. The molecule has 168 valence electrons. The van der Waals surface area contributed by atoms with Gasteiger partial charge in [0.15, 0.2) is 5.82 Å². The van der Waals surface area contributed by atoms with Crippen molar-refractivity contribution in [2.75, 3.05) is 23.0 Å². The fourth-order valence-corrected chi connectivity index (χ4v) is 4.48. The van der Waals surface area contributed by atoms with E-state index in [1.54, 1.807) is 6.20 Å². The summed E-state index contributed by atoms with van der Waals surface area (Å²) < 4.78 is 0.874. The van der Waals surface area contributed by atoms with Crippen molar-refractivity contribution < 1.29 is 0 Å². The Hall–Kier alpha value is -3.32. The number of nitrogen functional groups attached to an aromatic ring is 1. The quantitative estimate of drug-likeness (QED) is 0.244. The molecule has 1 aliphatic rings. The minimum Gasteiger partial charge on any atom is -0.370 e. The average Bonchev–Trinajstić information content (AvgIpc) is 3.62. The standard InChI is InChI=1S/C26H27BrN6/c27-22-17-30-25(15-23(22)31-26-16-24(20-11-12-20)33(28)32-26)29-14-13-21(18-7-3-1-4-8-18)19-9-5-2-6-10-19/h1-10,15-17,20-21H,11-14,28H2,(H2,29,30,31,32). The molecular weight excluding hydrogens is 476 g/mol. The number of nitrogens with one attached hydrogen (secondary N) is 2. The number of hydrogen-bond donors (Lipinski definition) is 3. The van der Waals surface area contributed by atoms with Gasteiger partial charge in [-0.05, 0) is 46.3 Å². The molecule has 5 rings (SSSR count). The summed E-state index contributed by atoms with van der Waals surface area (Å²) in [7, 11) is 0. The molecule has 0 aliphatic heterocycles. The fraction of sp³-hybridized carbons (Fsp3) is 0.231. The van der Waals surface area contributed by atoms with Crippen LogP contribution in [0.3, 0.4) is 0 Å². The van der Waals surface area contributed by atoms with Crippen molar-refractivity contribution in [3.8, 4) is 0 Å². The maximum absolute atomic E-state index is 6.02. The number of anilines is 3. The third-order valence-electron chi connectivity index (χ3n) is 6.02. The van der Waals surface area contributed by atoms with E-state index in [1.807, 2.05) is 12.1 Å². The van der Waals surface area contributed by atoms with Gasteiger partial charge in [-0.15, -0.1) is 5.10 Å². The van der Waals surface area contributed by atoms with Gasteiger partial charge in [-0.1, -0.05) is 60.7 Å². The lowest BCUT2D eigenvalue weighted by atomic mass is 9.88. The van der Waals surface area contributed by atoms with Crippen molar-refractivity contribution >= 4 is 33.3 Å². The zero-order chi connectivity index (χ0) is 22.6. The van der Waals surface area contributed by atoms with Crippen molar-refractivity contribution in [3.63, 3.8) is 0 Å². The number of halogens is 1. The van der Waals surface area contributed by atoms with E-state index in [9.17, 15) is 0 Å². The van der Waals surface area contributed by atoms with Crippen LogP contribution in [0.2, 0.25) is 0 Å². The molecule has 4 aromatic rings. The third-order valence-corrected chi connectivity index (χ3v) is 6.65. The minimum absolute atomic E-state index is 0.322. The Bertz CT molecular complexity index is 1160. The Kier molecular flexibility index (Phi) is 6.30. The van der Waals surface area contributed by atoms with Gasteiger partial charge in [-0.2, -0.15) is 4.79 Å².